The summed E-state index contributed by atoms with van der Waals surface area (Å²) in [6.45, 7) is 0. The second kappa shape index (κ2) is 5.54. The first-order chi connectivity index (χ1) is 9.33. The van der Waals surface area contributed by atoms with E-state index in [0.717, 1.165) is 16.7 Å². The van der Waals surface area contributed by atoms with Crippen LogP contribution in [-0.2, 0) is 15.6 Å². The average Bonchev–Trinajstić information content (AvgIpc) is 2.90. The number of nitrogens with one attached hydrogen (secondary N) is 1. The van der Waals surface area contributed by atoms with Gasteiger partial charge in [0.05, 0.1) is 16.7 Å². The number of hydrogen-bond donors (Lipinski definition) is 1. The van der Waals surface area contributed by atoms with Gasteiger partial charge >= 0.3 is 0 Å². The molecule has 0 aliphatic heterocycles. The van der Waals surface area contributed by atoms with Crippen molar-refractivity contribution in [1.29, 1.82) is 0 Å². The smallest absolute Gasteiger partial charge is 0.208 e. The van der Waals surface area contributed by atoms with Crippen LogP contribution in [-0.4, -0.2) is 19.2 Å². The van der Waals surface area contributed by atoms with Crippen LogP contribution in [0.25, 0.3) is 11.0 Å². The van der Waals surface area contributed by atoms with Crippen molar-refractivity contribution in [3.8, 4) is 0 Å². The van der Waals surface area contributed by atoms with E-state index in [1.165, 1.54) is 10.8 Å². The van der Waals surface area contributed by atoms with Crippen LogP contribution in [0, 0.1) is 0 Å². The first kappa shape index (κ1) is 12.4. The fraction of sp³-hybridized carbons (Fsp3) is 0.0769. The Balaban J connectivity index is 1.73. The molecule has 6 heteroatoms. The van der Waals surface area contributed by atoms with E-state index in [0.29, 0.717) is 10.9 Å². The van der Waals surface area contributed by atoms with Crippen molar-refractivity contribution in [3.05, 3.63) is 54.4 Å². The lowest BCUT2D eigenvalue weighted by Crippen LogP contribution is -1.91. The van der Waals surface area contributed by atoms with Gasteiger partial charge in [-0.2, -0.15) is 0 Å². The summed E-state index contributed by atoms with van der Waals surface area (Å²) < 4.78 is 12.1. The fourth-order valence-corrected chi connectivity index (χ4v) is 3.79. The molecule has 3 rings (SSSR count). The molecule has 96 valence electrons. The Morgan fingerprint density at radius 2 is 2.00 bits per heavy atom. The van der Waals surface area contributed by atoms with Gasteiger partial charge in [-0.3, -0.25) is 4.98 Å². The Kier molecular flexibility index (Phi) is 3.61. The Labute approximate surface area is 116 Å². The van der Waals surface area contributed by atoms with E-state index in [4.69, 9.17) is 0 Å². The highest BCUT2D eigenvalue weighted by Crippen LogP contribution is 2.22. The van der Waals surface area contributed by atoms with Crippen molar-refractivity contribution in [2.75, 3.05) is 0 Å². The molecule has 19 heavy (non-hydrogen) atoms. The highest BCUT2D eigenvalue weighted by Gasteiger charge is 2.10. The third kappa shape index (κ3) is 2.85. The van der Waals surface area contributed by atoms with E-state index in [1.54, 1.807) is 6.20 Å². The lowest BCUT2D eigenvalue weighted by Gasteiger charge is -1.98. The molecule has 4 nitrogen and oxygen atoms in total. The third-order valence-corrected chi connectivity index (χ3v) is 5.17. The van der Waals surface area contributed by atoms with Gasteiger partial charge in [-0.05, 0) is 35.1 Å². The van der Waals surface area contributed by atoms with E-state index >= 15 is 0 Å². The number of imidazole rings is 1. The SMILES string of the molecule is O=S(SCc1ccccn1)c1nc2ccccc2[nH]1. The number of benzene rings is 1. The second-order valence-corrected chi connectivity index (χ2v) is 6.87. The topological polar surface area (TPSA) is 58.6 Å². The van der Waals surface area contributed by atoms with Crippen LogP contribution < -0.4 is 0 Å². The molecule has 2 aromatic heterocycles. The first-order valence-electron chi connectivity index (χ1n) is 5.72. The van der Waals surface area contributed by atoms with Crippen molar-refractivity contribution in [3.63, 3.8) is 0 Å². The van der Waals surface area contributed by atoms with E-state index in [1.807, 2.05) is 42.5 Å². The standard InChI is InChI=1S/C13H11N3OS2/c17-19(18-9-10-5-3-4-8-14-10)13-15-11-6-1-2-7-12(11)16-13/h1-8H,9H2,(H,15,16). The van der Waals surface area contributed by atoms with E-state index in [2.05, 4.69) is 15.0 Å². The number of aromatic amines is 1. The molecule has 1 aromatic carbocycles. The molecule has 0 saturated carbocycles. The molecule has 1 atom stereocenters. The molecule has 0 spiro atoms. The molecule has 2 heterocycles. The van der Waals surface area contributed by atoms with Crippen LogP contribution in [0.5, 0.6) is 0 Å². The van der Waals surface area contributed by atoms with Crippen LogP contribution in [0.15, 0.2) is 53.8 Å². The molecule has 0 bridgehead atoms. The number of nitrogens with zero attached hydrogens (tertiary/aromatic N) is 2. The zero-order valence-corrected chi connectivity index (χ0v) is 11.6. The molecule has 3 aromatic rings. The molecular weight excluding hydrogens is 278 g/mol. The molecule has 1 N–H and O–H groups in total. The van der Waals surface area contributed by atoms with Crippen molar-refractivity contribution in [1.82, 2.24) is 15.0 Å². The largest absolute Gasteiger partial charge is 0.330 e. The highest BCUT2D eigenvalue weighted by atomic mass is 33.1. The minimum Gasteiger partial charge on any atom is -0.330 e. The number of hydrogen-bond acceptors (Lipinski definition) is 4. The first-order valence-corrected chi connectivity index (χ1v) is 8.38. The molecule has 0 radical (unpaired) electrons. The van der Waals surface area contributed by atoms with Crippen molar-refractivity contribution >= 4 is 31.7 Å². The number of pyridine rings is 1. The van der Waals surface area contributed by atoms with Gasteiger partial charge in [-0.25, -0.2) is 9.19 Å². The molecule has 0 aliphatic carbocycles. The maximum absolute atomic E-state index is 12.1. The maximum Gasteiger partial charge on any atom is 0.208 e. The van der Waals surface area contributed by atoms with Crippen LogP contribution in [0.2, 0.25) is 0 Å². The van der Waals surface area contributed by atoms with E-state index < -0.39 is 9.83 Å². The summed E-state index contributed by atoms with van der Waals surface area (Å²) in [5.41, 5.74) is 2.66. The molecule has 0 amide bonds. The molecular formula is C13H11N3OS2. The van der Waals surface area contributed by atoms with Crippen molar-refractivity contribution in [2.45, 2.75) is 10.9 Å². The summed E-state index contributed by atoms with van der Waals surface area (Å²) in [5.74, 6) is 0.602. The summed E-state index contributed by atoms with van der Waals surface area (Å²) in [6, 6.07) is 13.4. The number of aromatic nitrogens is 3. The fourth-order valence-electron chi connectivity index (χ4n) is 1.66. The Hall–Kier alpha value is -1.66. The molecule has 0 fully saturated rings. The van der Waals surface area contributed by atoms with Gasteiger partial charge < -0.3 is 4.98 Å². The molecule has 0 aliphatic rings. The van der Waals surface area contributed by atoms with Gasteiger partial charge in [0.25, 0.3) is 0 Å². The van der Waals surface area contributed by atoms with E-state index in [-0.39, 0.29) is 0 Å². The van der Waals surface area contributed by atoms with Crippen LogP contribution in [0.1, 0.15) is 5.69 Å². The minimum absolute atomic E-state index is 0.502. The van der Waals surface area contributed by atoms with E-state index in [9.17, 15) is 4.21 Å². The highest BCUT2D eigenvalue weighted by molar-refractivity contribution is 8.68. The Bertz CT molecular complexity index is 679. The maximum atomic E-state index is 12.1. The number of fused-ring (bicyclic) bond motifs is 1. The Morgan fingerprint density at radius 1 is 1.16 bits per heavy atom. The average molecular weight is 289 g/mol. The summed E-state index contributed by atoms with van der Waals surface area (Å²) in [4.78, 5) is 11.6. The van der Waals surface area contributed by atoms with Crippen LogP contribution in [0.3, 0.4) is 0 Å². The van der Waals surface area contributed by atoms with Gasteiger partial charge in [0.15, 0.2) is 0 Å². The van der Waals surface area contributed by atoms with Gasteiger partial charge in [0.1, 0.15) is 9.83 Å². The Morgan fingerprint density at radius 3 is 2.79 bits per heavy atom. The minimum atomic E-state index is -1.21. The van der Waals surface area contributed by atoms with Gasteiger partial charge in [-0.1, -0.05) is 18.2 Å². The number of H-pyrrole nitrogens is 1. The lowest BCUT2D eigenvalue weighted by atomic mass is 10.3. The number of para-hydroxylation sites is 2. The summed E-state index contributed by atoms with van der Waals surface area (Å²) in [5, 5.41) is 0.502. The van der Waals surface area contributed by atoms with Gasteiger partial charge in [0.2, 0.25) is 5.16 Å². The van der Waals surface area contributed by atoms with Gasteiger partial charge in [0, 0.05) is 11.9 Å². The summed E-state index contributed by atoms with van der Waals surface area (Å²) >= 11 is 0. The third-order valence-electron chi connectivity index (χ3n) is 2.57. The number of rotatable bonds is 4. The summed E-state index contributed by atoms with van der Waals surface area (Å²) in [7, 11) is 0.107. The zero-order valence-electron chi connectivity index (χ0n) is 9.95. The van der Waals surface area contributed by atoms with Crippen LogP contribution >= 0.6 is 10.8 Å². The quantitative estimate of drug-likeness (QED) is 0.750. The second-order valence-electron chi connectivity index (χ2n) is 3.88. The lowest BCUT2D eigenvalue weighted by molar-refractivity contribution is 0.687. The zero-order chi connectivity index (χ0) is 13.1. The predicted octanol–water partition coefficient (Wildman–Crippen LogP) is 2.91. The summed E-state index contributed by atoms with van der Waals surface area (Å²) in [6.07, 6.45) is 1.74. The predicted molar refractivity (Wildman–Crippen MR) is 78.0 cm³/mol. The van der Waals surface area contributed by atoms with Crippen molar-refractivity contribution < 1.29 is 4.21 Å². The normalized spacial score (nSPS) is 12.6. The van der Waals surface area contributed by atoms with Gasteiger partial charge in [-0.15, -0.1) is 0 Å². The molecule has 0 saturated heterocycles. The van der Waals surface area contributed by atoms with Crippen LogP contribution in [0.4, 0.5) is 0 Å². The monoisotopic (exact) mass is 289 g/mol. The molecule has 1 unspecified atom stereocenters. The van der Waals surface area contributed by atoms with Crippen molar-refractivity contribution in [2.24, 2.45) is 0 Å².